The molecule has 0 aromatic heterocycles. The van der Waals surface area contributed by atoms with Crippen molar-refractivity contribution >= 4 is 12.4 Å². The molecule has 3 nitrogen and oxygen atoms in total. The molecule has 0 spiro atoms. The summed E-state index contributed by atoms with van der Waals surface area (Å²) in [6, 6.07) is 5.72. The second-order valence-corrected chi connectivity index (χ2v) is 6.52. The second kappa shape index (κ2) is 6.15. The maximum absolute atomic E-state index is 11.3. The number of benzene rings is 1. The fourth-order valence-corrected chi connectivity index (χ4v) is 4.47. The van der Waals surface area contributed by atoms with Crippen LogP contribution in [0, 0.1) is 0 Å². The van der Waals surface area contributed by atoms with Crippen molar-refractivity contribution in [1.29, 1.82) is 0 Å². The minimum absolute atomic E-state index is 0. The fourth-order valence-electron chi connectivity index (χ4n) is 4.47. The number of aromatic hydroxyl groups is 1. The van der Waals surface area contributed by atoms with Gasteiger partial charge in [-0.1, -0.05) is 18.9 Å². The Kier molecular flexibility index (Phi) is 4.86. The van der Waals surface area contributed by atoms with Crippen LogP contribution in [0.3, 0.4) is 0 Å². The van der Waals surface area contributed by atoms with Crippen LogP contribution in [0.15, 0.2) is 18.2 Å². The van der Waals surface area contributed by atoms with Crippen LogP contribution in [0.1, 0.15) is 49.7 Å². The minimum Gasteiger partial charge on any atom is -0.508 e. The van der Waals surface area contributed by atoms with E-state index < -0.39 is 5.60 Å². The Balaban J connectivity index is 0.00000161. The second-order valence-electron chi connectivity index (χ2n) is 6.52. The molecule has 0 saturated heterocycles. The van der Waals surface area contributed by atoms with E-state index in [9.17, 15) is 10.2 Å². The Labute approximate surface area is 133 Å². The van der Waals surface area contributed by atoms with Crippen LogP contribution in [-0.2, 0) is 11.8 Å². The van der Waals surface area contributed by atoms with E-state index in [1.54, 1.807) is 6.07 Å². The summed E-state index contributed by atoms with van der Waals surface area (Å²) in [6.45, 7) is 0.900. The van der Waals surface area contributed by atoms with Crippen molar-refractivity contribution < 1.29 is 10.2 Å². The van der Waals surface area contributed by atoms with Crippen LogP contribution in [-0.4, -0.2) is 29.4 Å². The number of phenolic OH excluding ortho intramolecular Hbond substituents is 1. The molecular weight excluding hydrogens is 286 g/mol. The van der Waals surface area contributed by atoms with Crippen molar-refractivity contribution in [2.45, 2.75) is 56.0 Å². The lowest BCUT2D eigenvalue weighted by Crippen LogP contribution is -2.57. The molecule has 1 aromatic rings. The number of phenols is 1. The maximum Gasteiger partial charge on any atom is 0.115 e. The normalized spacial score (nSPS) is 31.0. The summed E-state index contributed by atoms with van der Waals surface area (Å²) < 4.78 is 0. The molecule has 4 heteroatoms. The van der Waals surface area contributed by atoms with Crippen molar-refractivity contribution in [3.63, 3.8) is 0 Å². The van der Waals surface area contributed by atoms with Gasteiger partial charge >= 0.3 is 0 Å². The lowest BCUT2D eigenvalue weighted by Gasteiger charge is -2.55. The Morgan fingerprint density at radius 2 is 1.95 bits per heavy atom. The summed E-state index contributed by atoms with van der Waals surface area (Å²) >= 11 is 0. The maximum atomic E-state index is 11.3. The summed E-state index contributed by atoms with van der Waals surface area (Å²) in [5.41, 5.74) is 1.73. The third-order valence-corrected chi connectivity index (χ3v) is 5.55. The molecule has 2 atom stereocenters. The topological polar surface area (TPSA) is 52.5 Å². The summed E-state index contributed by atoms with van der Waals surface area (Å²) in [5.74, 6) is 0.322. The Bertz CT molecular complexity index is 508. The Morgan fingerprint density at radius 1 is 1.19 bits per heavy atom. The van der Waals surface area contributed by atoms with E-state index in [0.717, 1.165) is 45.1 Å². The molecule has 1 fully saturated rings. The van der Waals surface area contributed by atoms with E-state index in [1.807, 2.05) is 19.2 Å². The van der Waals surface area contributed by atoms with E-state index in [-0.39, 0.29) is 17.8 Å². The molecule has 118 valence electrons. The number of rotatable bonds is 3. The minimum atomic E-state index is -0.594. The zero-order valence-corrected chi connectivity index (χ0v) is 13.5. The van der Waals surface area contributed by atoms with Crippen molar-refractivity contribution in [1.82, 2.24) is 5.32 Å². The first-order valence-corrected chi connectivity index (χ1v) is 7.81. The van der Waals surface area contributed by atoms with E-state index in [2.05, 4.69) is 5.32 Å². The number of aliphatic hydroxyl groups is 1. The van der Waals surface area contributed by atoms with E-state index in [4.69, 9.17) is 0 Å². The molecule has 1 aromatic carbocycles. The average molecular weight is 312 g/mol. The highest BCUT2D eigenvalue weighted by Crippen LogP contribution is 2.54. The van der Waals surface area contributed by atoms with Crippen molar-refractivity contribution in [2.75, 3.05) is 13.6 Å². The van der Waals surface area contributed by atoms with Gasteiger partial charge in [0.2, 0.25) is 0 Å². The van der Waals surface area contributed by atoms with Gasteiger partial charge in [-0.3, -0.25) is 0 Å². The van der Waals surface area contributed by atoms with Crippen molar-refractivity contribution in [2.24, 2.45) is 0 Å². The number of fused-ring (bicyclic) bond motifs is 3. The first-order chi connectivity index (χ1) is 9.61. The third-order valence-electron chi connectivity index (χ3n) is 5.55. The molecule has 0 bridgehead atoms. The first-order valence-electron chi connectivity index (χ1n) is 7.81. The fraction of sp³-hybridized carbons (Fsp3) is 0.647. The van der Waals surface area contributed by atoms with Crippen LogP contribution in [0.2, 0.25) is 0 Å². The first kappa shape index (κ1) is 16.6. The number of halogens is 1. The zero-order valence-electron chi connectivity index (χ0n) is 12.7. The molecule has 2 aliphatic carbocycles. The molecule has 21 heavy (non-hydrogen) atoms. The van der Waals surface area contributed by atoms with Crippen LogP contribution >= 0.6 is 12.4 Å². The average Bonchev–Trinajstić information content (AvgIpc) is 2.45. The number of hydrogen-bond acceptors (Lipinski definition) is 3. The largest absolute Gasteiger partial charge is 0.508 e. The van der Waals surface area contributed by atoms with Gasteiger partial charge in [0.15, 0.2) is 0 Å². The number of nitrogens with one attached hydrogen (secondary N) is 1. The SMILES string of the molecule is CNCC[C@]12CCCC[C@@]1(O)CCc1ccc(O)cc12.Cl. The lowest BCUT2D eigenvalue weighted by molar-refractivity contribution is -0.0867. The van der Waals surface area contributed by atoms with Gasteiger partial charge in [-0.05, 0) is 69.0 Å². The molecule has 0 heterocycles. The van der Waals surface area contributed by atoms with Crippen LogP contribution in [0.25, 0.3) is 0 Å². The van der Waals surface area contributed by atoms with E-state index in [0.29, 0.717) is 5.75 Å². The molecule has 0 unspecified atom stereocenters. The Hall–Kier alpha value is -0.770. The zero-order chi connectivity index (χ0) is 14.2. The van der Waals surface area contributed by atoms with Gasteiger partial charge in [0.25, 0.3) is 0 Å². The van der Waals surface area contributed by atoms with Crippen molar-refractivity contribution in [3.8, 4) is 5.75 Å². The van der Waals surface area contributed by atoms with Gasteiger partial charge in [-0.2, -0.15) is 0 Å². The summed E-state index contributed by atoms with van der Waals surface area (Å²) in [6.07, 6.45) is 6.93. The highest BCUT2D eigenvalue weighted by Gasteiger charge is 2.54. The highest BCUT2D eigenvalue weighted by molar-refractivity contribution is 5.85. The lowest BCUT2D eigenvalue weighted by atomic mass is 9.53. The molecule has 1 saturated carbocycles. The van der Waals surface area contributed by atoms with Gasteiger partial charge in [0.05, 0.1) is 5.60 Å². The third kappa shape index (κ3) is 2.56. The van der Waals surface area contributed by atoms with Crippen LogP contribution in [0.5, 0.6) is 5.75 Å². The van der Waals surface area contributed by atoms with Gasteiger partial charge in [-0.15, -0.1) is 12.4 Å². The van der Waals surface area contributed by atoms with Crippen LogP contribution in [0.4, 0.5) is 0 Å². The van der Waals surface area contributed by atoms with Gasteiger partial charge in [-0.25, -0.2) is 0 Å². The molecular formula is C17H26ClNO2. The van der Waals surface area contributed by atoms with Gasteiger partial charge in [0, 0.05) is 5.41 Å². The molecule has 0 aliphatic heterocycles. The van der Waals surface area contributed by atoms with Gasteiger partial charge in [0.1, 0.15) is 5.75 Å². The molecule has 2 aliphatic rings. The molecule has 3 N–H and O–H groups in total. The van der Waals surface area contributed by atoms with Gasteiger partial charge < -0.3 is 15.5 Å². The number of aryl methyl sites for hydroxylation is 1. The van der Waals surface area contributed by atoms with E-state index >= 15 is 0 Å². The summed E-state index contributed by atoms with van der Waals surface area (Å²) in [5, 5.41) is 24.4. The number of hydrogen-bond donors (Lipinski definition) is 3. The summed E-state index contributed by atoms with van der Waals surface area (Å²) in [4.78, 5) is 0. The predicted molar refractivity (Wildman–Crippen MR) is 87.3 cm³/mol. The smallest absolute Gasteiger partial charge is 0.115 e. The molecule has 0 radical (unpaired) electrons. The summed E-state index contributed by atoms with van der Waals surface area (Å²) in [7, 11) is 1.96. The molecule has 0 amide bonds. The van der Waals surface area contributed by atoms with Crippen molar-refractivity contribution in [3.05, 3.63) is 29.3 Å². The molecule has 3 rings (SSSR count). The standard InChI is InChI=1S/C17H25NO2.ClH/c1-18-11-10-16-7-2-3-8-17(16,20)9-6-13-4-5-14(19)12-15(13)16;/h4-5,12,18-20H,2-3,6-11H2,1H3;1H/t16-,17+;/m0./s1. The monoisotopic (exact) mass is 311 g/mol. The Morgan fingerprint density at radius 3 is 2.71 bits per heavy atom. The quantitative estimate of drug-likeness (QED) is 0.804. The van der Waals surface area contributed by atoms with Crippen LogP contribution < -0.4 is 5.32 Å². The predicted octanol–water partition coefficient (Wildman–Crippen LogP) is 2.91. The highest BCUT2D eigenvalue weighted by atomic mass is 35.5. The van der Waals surface area contributed by atoms with E-state index in [1.165, 1.54) is 17.5 Å².